The van der Waals surface area contributed by atoms with E-state index in [1.165, 1.54) is 11.1 Å². The van der Waals surface area contributed by atoms with Gasteiger partial charge < -0.3 is 10.4 Å². The number of nitrogens with zero attached hydrogens (tertiary/aromatic N) is 1. The molecule has 1 aromatic heterocycles. The first-order chi connectivity index (χ1) is 12.2. The molecule has 0 saturated heterocycles. The minimum Gasteiger partial charge on any atom is -0.396 e. The Morgan fingerprint density at radius 2 is 1.76 bits per heavy atom. The lowest BCUT2D eigenvalue weighted by atomic mass is 9.96. The average Bonchev–Trinajstić information content (AvgIpc) is 2.66. The van der Waals surface area contributed by atoms with Crippen molar-refractivity contribution in [1.82, 2.24) is 10.3 Å². The normalized spacial score (nSPS) is 13.7. The Labute approximate surface area is 149 Å². The molecule has 0 fully saturated rings. The third-order valence-corrected chi connectivity index (χ3v) is 4.80. The summed E-state index contributed by atoms with van der Waals surface area (Å²) in [6, 6.07) is 20.9. The first-order valence-electron chi connectivity index (χ1n) is 8.92. The molecule has 0 aliphatic rings. The zero-order chi connectivity index (χ0) is 17.6. The maximum atomic E-state index is 9.75. The van der Waals surface area contributed by atoms with E-state index in [0.717, 1.165) is 29.6 Å². The molecule has 2 aromatic carbocycles. The van der Waals surface area contributed by atoms with Crippen LogP contribution in [0.3, 0.4) is 0 Å². The second-order valence-corrected chi connectivity index (χ2v) is 6.74. The highest BCUT2D eigenvalue weighted by atomic mass is 16.3. The molecule has 25 heavy (non-hydrogen) atoms. The van der Waals surface area contributed by atoms with E-state index >= 15 is 0 Å². The zero-order valence-electron chi connectivity index (χ0n) is 14.9. The van der Waals surface area contributed by atoms with Crippen molar-refractivity contribution in [3.63, 3.8) is 0 Å². The molecule has 2 unspecified atom stereocenters. The molecule has 0 aliphatic carbocycles. The van der Waals surface area contributed by atoms with E-state index in [2.05, 4.69) is 61.6 Å². The van der Waals surface area contributed by atoms with Gasteiger partial charge in [0.15, 0.2) is 0 Å². The van der Waals surface area contributed by atoms with Crippen molar-refractivity contribution in [2.45, 2.75) is 26.3 Å². The van der Waals surface area contributed by atoms with Crippen molar-refractivity contribution in [2.75, 3.05) is 13.2 Å². The van der Waals surface area contributed by atoms with E-state index in [1.54, 1.807) is 0 Å². The number of aromatic nitrogens is 1. The number of fused-ring (bicyclic) bond motifs is 1. The van der Waals surface area contributed by atoms with Crippen LogP contribution >= 0.6 is 0 Å². The summed E-state index contributed by atoms with van der Waals surface area (Å²) < 4.78 is 0. The number of rotatable bonds is 7. The van der Waals surface area contributed by atoms with E-state index in [1.807, 2.05) is 18.2 Å². The SMILES string of the molecule is Cc1ccccc1CC(CO)CNC(C)c1ccc2ccccc2n1. The predicted octanol–water partition coefficient (Wildman–Crippen LogP) is 4.05. The van der Waals surface area contributed by atoms with Gasteiger partial charge in [0.2, 0.25) is 0 Å². The van der Waals surface area contributed by atoms with Crippen LogP contribution in [-0.4, -0.2) is 23.2 Å². The predicted molar refractivity (Wildman–Crippen MR) is 104 cm³/mol. The van der Waals surface area contributed by atoms with Gasteiger partial charge in [-0.15, -0.1) is 0 Å². The fraction of sp³-hybridized carbons (Fsp3) is 0.318. The number of para-hydroxylation sites is 1. The van der Waals surface area contributed by atoms with E-state index in [-0.39, 0.29) is 18.6 Å². The summed E-state index contributed by atoms with van der Waals surface area (Å²) in [5, 5.41) is 14.4. The molecule has 1 heterocycles. The second kappa shape index (κ2) is 8.24. The van der Waals surface area contributed by atoms with Crippen molar-refractivity contribution < 1.29 is 5.11 Å². The molecular formula is C22H26N2O. The van der Waals surface area contributed by atoms with Gasteiger partial charge in [-0.2, -0.15) is 0 Å². The average molecular weight is 334 g/mol. The highest BCUT2D eigenvalue weighted by Crippen LogP contribution is 2.18. The van der Waals surface area contributed by atoms with E-state index < -0.39 is 0 Å². The Kier molecular flexibility index (Phi) is 5.79. The van der Waals surface area contributed by atoms with Crippen LogP contribution in [0.4, 0.5) is 0 Å². The Bertz CT molecular complexity index is 831. The number of aryl methyl sites for hydroxylation is 1. The van der Waals surface area contributed by atoms with Gasteiger partial charge in [-0.1, -0.05) is 48.5 Å². The smallest absolute Gasteiger partial charge is 0.0706 e. The molecule has 130 valence electrons. The van der Waals surface area contributed by atoms with Crippen LogP contribution in [-0.2, 0) is 6.42 Å². The van der Waals surface area contributed by atoms with Gasteiger partial charge in [0.25, 0.3) is 0 Å². The maximum absolute atomic E-state index is 9.75. The van der Waals surface area contributed by atoms with Crippen molar-refractivity contribution in [2.24, 2.45) is 5.92 Å². The zero-order valence-corrected chi connectivity index (χ0v) is 14.9. The molecule has 3 rings (SSSR count). The van der Waals surface area contributed by atoms with Gasteiger partial charge in [0, 0.05) is 24.6 Å². The number of nitrogens with one attached hydrogen (secondary N) is 1. The Morgan fingerprint density at radius 3 is 2.56 bits per heavy atom. The molecule has 0 amide bonds. The van der Waals surface area contributed by atoms with Gasteiger partial charge >= 0.3 is 0 Å². The van der Waals surface area contributed by atoms with Gasteiger partial charge in [0.05, 0.1) is 11.2 Å². The van der Waals surface area contributed by atoms with Gasteiger partial charge in [0.1, 0.15) is 0 Å². The Balaban J connectivity index is 1.63. The van der Waals surface area contributed by atoms with Crippen LogP contribution in [0.1, 0.15) is 29.8 Å². The standard InChI is InChI=1S/C22H26N2O/c1-16-7-3-4-9-20(16)13-18(15-25)14-23-17(2)21-12-11-19-8-5-6-10-22(19)24-21/h3-12,17-18,23,25H,13-15H2,1-2H3. The lowest BCUT2D eigenvalue weighted by Gasteiger charge is -2.20. The highest BCUT2D eigenvalue weighted by Gasteiger charge is 2.13. The lowest BCUT2D eigenvalue weighted by Crippen LogP contribution is -2.29. The maximum Gasteiger partial charge on any atom is 0.0706 e. The monoisotopic (exact) mass is 334 g/mol. The number of aliphatic hydroxyl groups excluding tert-OH is 1. The second-order valence-electron chi connectivity index (χ2n) is 6.74. The lowest BCUT2D eigenvalue weighted by molar-refractivity contribution is 0.218. The summed E-state index contributed by atoms with van der Waals surface area (Å²) in [6.07, 6.45) is 0.883. The van der Waals surface area contributed by atoms with Crippen molar-refractivity contribution in [3.05, 3.63) is 77.5 Å². The summed E-state index contributed by atoms with van der Waals surface area (Å²) in [5.41, 5.74) is 4.64. The highest BCUT2D eigenvalue weighted by molar-refractivity contribution is 5.78. The molecule has 0 spiro atoms. The van der Waals surface area contributed by atoms with Gasteiger partial charge in [-0.25, -0.2) is 0 Å². The molecule has 3 aromatic rings. The Hall–Kier alpha value is -2.23. The molecule has 0 aliphatic heterocycles. The summed E-state index contributed by atoms with van der Waals surface area (Å²) in [6.45, 7) is 5.19. The minimum absolute atomic E-state index is 0.149. The summed E-state index contributed by atoms with van der Waals surface area (Å²) in [4.78, 5) is 4.75. The number of pyridine rings is 1. The molecule has 2 atom stereocenters. The Morgan fingerprint density at radius 1 is 1.00 bits per heavy atom. The molecule has 0 radical (unpaired) electrons. The summed E-state index contributed by atoms with van der Waals surface area (Å²) >= 11 is 0. The topological polar surface area (TPSA) is 45.1 Å². The third-order valence-electron chi connectivity index (χ3n) is 4.80. The van der Waals surface area contributed by atoms with Crippen molar-refractivity contribution in [1.29, 1.82) is 0 Å². The fourth-order valence-corrected chi connectivity index (χ4v) is 3.12. The van der Waals surface area contributed by atoms with Crippen LogP contribution in [0, 0.1) is 12.8 Å². The quantitative estimate of drug-likeness (QED) is 0.685. The van der Waals surface area contributed by atoms with Crippen LogP contribution in [0.5, 0.6) is 0 Å². The van der Waals surface area contributed by atoms with E-state index in [9.17, 15) is 5.11 Å². The van der Waals surface area contributed by atoms with Crippen LogP contribution in [0.25, 0.3) is 10.9 Å². The summed E-state index contributed by atoms with van der Waals surface area (Å²) in [7, 11) is 0. The van der Waals surface area contributed by atoms with E-state index in [4.69, 9.17) is 4.98 Å². The number of benzene rings is 2. The van der Waals surface area contributed by atoms with Gasteiger partial charge in [-0.3, -0.25) is 4.98 Å². The number of hydrogen-bond acceptors (Lipinski definition) is 3. The molecule has 3 heteroatoms. The number of aliphatic hydroxyl groups is 1. The third kappa shape index (κ3) is 4.44. The summed E-state index contributed by atoms with van der Waals surface area (Å²) in [5.74, 6) is 0.198. The van der Waals surface area contributed by atoms with Crippen LogP contribution in [0.15, 0.2) is 60.7 Å². The molecular weight excluding hydrogens is 308 g/mol. The fourth-order valence-electron chi connectivity index (χ4n) is 3.12. The largest absolute Gasteiger partial charge is 0.396 e. The molecule has 0 saturated carbocycles. The molecule has 3 nitrogen and oxygen atoms in total. The number of hydrogen-bond donors (Lipinski definition) is 2. The van der Waals surface area contributed by atoms with Crippen LogP contribution < -0.4 is 5.32 Å². The van der Waals surface area contributed by atoms with Gasteiger partial charge in [-0.05, 0) is 49.4 Å². The van der Waals surface area contributed by atoms with E-state index in [0.29, 0.717) is 0 Å². The molecule has 0 bridgehead atoms. The van der Waals surface area contributed by atoms with Crippen molar-refractivity contribution >= 4 is 10.9 Å². The first kappa shape index (κ1) is 17.6. The minimum atomic E-state index is 0.149. The van der Waals surface area contributed by atoms with Crippen molar-refractivity contribution in [3.8, 4) is 0 Å². The first-order valence-corrected chi connectivity index (χ1v) is 8.92. The molecule has 2 N–H and O–H groups in total. The van der Waals surface area contributed by atoms with Crippen LogP contribution in [0.2, 0.25) is 0 Å².